The minimum atomic E-state index is -0.215. The molecule has 2 heterocycles. The van der Waals surface area contributed by atoms with Gasteiger partial charge in [-0.2, -0.15) is 0 Å². The molecule has 0 bridgehead atoms. The van der Waals surface area contributed by atoms with Gasteiger partial charge >= 0.3 is 5.97 Å². The van der Waals surface area contributed by atoms with Crippen LogP contribution in [0.2, 0.25) is 5.02 Å². The predicted octanol–water partition coefficient (Wildman–Crippen LogP) is 3.81. The van der Waals surface area contributed by atoms with Crippen molar-refractivity contribution in [3.8, 4) is 10.6 Å². The number of aromatic nitrogens is 1. The third-order valence-electron chi connectivity index (χ3n) is 4.37. The van der Waals surface area contributed by atoms with Gasteiger partial charge < -0.3 is 9.64 Å². The predicted molar refractivity (Wildman–Crippen MR) is 102 cm³/mol. The summed E-state index contributed by atoms with van der Waals surface area (Å²) in [5.41, 5.74) is 1.74. The minimum Gasteiger partial charge on any atom is -0.466 e. The van der Waals surface area contributed by atoms with Crippen LogP contribution in [0.15, 0.2) is 29.6 Å². The van der Waals surface area contributed by atoms with Gasteiger partial charge in [0, 0.05) is 29.1 Å². The van der Waals surface area contributed by atoms with E-state index in [9.17, 15) is 9.59 Å². The maximum atomic E-state index is 12.6. The van der Waals surface area contributed by atoms with E-state index in [1.165, 1.54) is 11.3 Å². The van der Waals surface area contributed by atoms with Crippen molar-refractivity contribution in [1.82, 2.24) is 9.88 Å². The molecule has 0 aliphatic carbocycles. The van der Waals surface area contributed by atoms with E-state index in [2.05, 4.69) is 4.98 Å². The molecule has 1 saturated heterocycles. The lowest BCUT2D eigenvalue weighted by molar-refractivity contribution is -0.151. The second-order valence-electron chi connectivity index (χ2n) is 6.26. The van der Waals surface area contributed by atoms with Crippen LogP contribution in [-0.4, -0.2) is 41.5 Å². The van der Waals surface area contributed by atoms with Crippen LogP contribution < -0.4 is 0 Å². The van der Waals surface area contributed by atoms with E-state index in [1.54, 1.807) is 11.8 Å². The molecule has 3 rings (SSSR count). The van der Waals surface area contributed by atoms with Gasteiger partial charge in [-0.1, -0.05) is 23.7 Å². The van der Waals surface area contributed by atoms with E-state index in [0.717, 1.165) is 29.1 Å². The van der Waals surface area contributed by atoms with Crippen LogP contribution in [0, 0.1) is 5.92 Å². The summed E-state index contributed by atoms with van der Waals surface area (Å²) in [7, 11) is 0. The second-order valence-corrected chi connectivity index (χ2v) is 7.55. The molecule has 0 radical (unpaired) electrons. The van der Waals surface area contributed by atoms with Crippen LogP contribution >= 0.6 is 22.9 Å². The summed E-state index contributed by atoms with van der Waals surface area (Å²) in [5, 5.41) is 3.46. The molecule has 138 valence electrons. The van der Waals surface area contributed by atoms with Gasteiger partial charge in [-0.25, -0.2) is 4.98 Å². The summed E-state index contributed by atoms with van der Waals surface area (Å²) >= 11 is 7.42. The SMILES string of the molecule is CCOC(=O)C1CCCN(C(=O)Cc2csc(-c3ccc(Cl)cc3)n2)C1. The Morgan fingerprint density at radius 3 is 2.85 bits per heavy atom. The lowest BCUT2D eigenvalue weighted by Crippen LogP contribution is -2.43. The largest absolute Gasteiger partial charge is 0.466 e. The number of esters is 1. The number of amides is 1. The Labute approximate surface area is 161 Å². The van der Waals surface area contributed by atoms with Gasteiger partial charge in [0.1, 0.15) is 5.01 Å². The Bertz CT molecular complexity index is 775. The second kappa shape index (κ2) is 8.64. The average molecular weight is 393 g/mol. The first kappa shape index (κ1) is 18.9. The Hall–Kier alpha value is -1.92. The molecule has 2 aromatic rings. The number of piperidine rings is 1. The highest BCUT2D eigenvalue weighted by Crippen LogP contribution is 2.26. The molecule has 26 heavy (non-hydrogen) atoms. The number of carbonyl (C=O) groups excluding carboxylic acids is 2. The summed E-state index contributed by atoms with van der Waals surface area (Å²) < 4.78 is 5.09. The number of benzene rings is 1. The van der Waals surface area contributed by atoms with E-state index < -0.39 is 0 Å². The van der Waals surface area contributed by atoms with Crippen molar-refractivity contribution < 1.29 is 14.3 Å². The zero-order valence-corrected chi connectivity index (χ0v) is 16.2. The molecule has 0 N–H and O–H groups in total. The maximum absolute atomic E-state index is 12.6. The highest BCUT2D eigenvalue weighted by atomic mass is 35.5. The van der Waals surface area contributed by atoms with Gasteiger partial charge in [0.2, 0.25) is 5.91 Å². The highest BCUT2D eigenvalue weighted by Gasteiger charge is 2.29. The average Bonchev–Trinajstić information content (AvgIpc) is 3.11. The van der Waals surface area contributed by atoms with Crippen LogP contribution in [0.4, 0.5) is 0 Å². The van der Waals surface area contributed by atoms with E-state index in [-0.39, 0.29) is 24.2 Å². The van der Waals surface area contributed by atoms with Gasteiger partial charge in [0.05, 0.1) is 24.6 Å². The fourth-order valence-electron chi connectivity index (χ4n) is 3.04. The molecule has 1 aromatic carbocycles. The smallest absolute Gasteiger partial charge is 0.310 e. The Morgan fingerprint density at radius 1 is 1.35 bits per heavy atom. The molecule has 1 unspecified atom stereocenters. The van der Waals surface area contributed by atoms with E-state index in [1.807, 2.05) is 29.6 Å². The maximum Gasteiger partial charge on any atom is 0.310 e. The van der Waals surface area contributed by atoms with Crippen LogP contribution in [0.5, 0.6) is 0 Å². The first-order valence-corrected chi connectivity index (χ1v) is 9.97. The van der Waals surface area contributed by atoms with Crippen LogP contribution in [-0.2, 0) is 20.7 Å². The molecule has 1 aliphatic heterocycles. The van der Waals surface area contributed by atoms with Crippen molar-refractivity contribution in [2.75, 3.05) is 19.7 Å². The normalized spacial score (nSPS) is 17.2. The number of carbonyl (C=O) groups is 2. The Balaban J connectivity index is 1.61. The number of hydrogen-bond donors (Lipinski definition) is 0. The monoisotopic (exact) mass is 392 g/mol. The molecule has 0 saturated carbocycles. The number of rotatable bonds is 5. The summed E-state index contributed by atoms with van der Waals surface area (Å²) in [6.45, 7) is 3.29. The number of nitrogens with zero attached hydrogens (tertiary/aromatic N) is 2. The number of ether oxygens (including phenoxy) is 1. The number of likely N-dealkylation sites (tertiary alicyclic amines) is 1. The fraction of sp³-hybridized carbons (Fsp3) is 0.421. The van der Waals surface area contributed by atoms with Gasteiger partial charge in [-0.05, 0) is 31.9 Å². The van der Waals surface area contributed by atoms with Crippen LogP contribution in [0.3, 0.4) is 0 Å². The summed E-state index contributed by atoms with van der Waals surface area (Å²) in [5.74, 6) is -0.414. The summed E-state index contributed by atoms with van der Waals surface area (Å²) in [4.78, 5) is 30.9. The van der Waals surface area contributed by atoms with Crippen molar-refractivity contribution >= 4 is 34.8 Å². The molecule has 7 heteroatoms. The van der Waals surface area contributed by atoms with Crippen molar-refractivity contribution in [2.45, 2.75) is 26.2 Å². The van der Waals surface area contributed by atoms with Crippen molar-refractivity contribution in [1.29, 1.82) is 0 Å². The minimum absolute atomic E-state index is 0.00644. The van der Waals surface area contributed by atoms with Crippen LogP contribution in [0.1, 0.15) is 25.5 Å². The van der Waals surface area contributed by atoms with Crippen molar-refractivity contribution in [3.63, 3.8) is 0 Å². The first-order valence-electron chi connectivity index (χ1n) is 8.71. The summed E-state index contributed by atoms with van der Waals surface area (Å²) in [6, 6.07) is 7.49. The quantitative estimate of drug-likeness (QED) is 0.726. The first-order chi connectivity index (χ1) is 12.6. The molecule has 1 atom stereocenters. The zero-order chi connectivity index (χ0) is 18.5. The molecule has 1 aliphatic rings. The third-order valence-corrected chi connectivity index (χ3v) is 5.56. The standard InChI is InChI=1S/C19H21ClN2O3S/c1-2-25-19(24)14-4-3-9-22(11-14)17(23)10-16-12-26-18(21-16)13-5-7-15(20)8-6-13/h5-8,12,14H,2-4,9-11H2,1H3. The molecule has 1 fully saturated rings. The molecule has 5 nitrogen and oxygen atoms in total. The lowest BCUT2D eigenvalue weighted by atomic mass is 9.98. The molecule has 1 aromatic heterocycles. The number of thiazole rings is 1. The fourth-order valence-corrected chi connectivity index (χ4v) is 3.99. The van der Waals surface area contributed by atoms with E-state index in [4.69, 9.17) is 16.3 Å². The number of halogens is 1. The molecule has 1 amide bonds. The van der Waals surface area contributed by atoms with Crippen LogP contribution in [0.25, 0.3) is 10.6 Å². The molecular formula is C19H21ClN2O3S. The van der Waals surface area contributed by atoms with Gasteiger partial charge in [0.15, 0.2) is 0 Å². The molecule has 0 spiro atoms. The Kier molecular flexibility index (Phi) is 6.27. The summed E-state index contributed by atoms with van der Waals surface area (Å²) in [6.07, 6.45) is 1.85. The zero-order valence-electron chi connectivity index (χ0n) is 14.6. The number of hydrogen-bond acceptors (Lipinski definition) is 5. The van der Waals surface area contributed by atoms with Crippen molar-refractivity contribution in [2.24, 2.45) is 5.92 Å². The Morgan fingerprint density at radius 2 is 2.12 bits per heavy atom. The van der Waals surface area contributed by atoms with E-state index in [0.29, 0.717) is 24.7 Å². The van der Waals surface area contributed by atoms with Gasteiger partial charge in [-0.15, -0.1) is 11.3 Å². The lowest BCUT2D eigenvalue weighted by Gasteiger charge is -2.31. The van der Waals surface area contributed by atoms with Crippen molar-refractivity contribution in [3.05, 3.63) is 40.4 Å². The molecular weight excluding hydrogens is 372 g/mol. The third kappa shape index (κ3) is 4.62. The van der Waals surface area contributed by atoms with Gasteiger partial charge in [0.25, 0.3) is 0 Å². The van der Waals surface area contributed by atoms with Gasteiger partial charge in [-0.3, -0.25) is 9.59 Å². The topological polar surface area (TPSA) is 59.5 Å². The van der Waals surface area contributed by atoms with E-state index >= 15 is 0 Å². The highest BCUT2D eigenvalue weighted by molar-refractivity contribution is 7.13.